The third-order valence-corrected chi connectivity index (χ3v) is 1.89. The Kier molecular flexibility index (Phi) is 6.88. The zero-order chi connectivity index (χ0) is 9.40. The van der Waals surface area contributed by atoms with Crippen molar-refractivity contribution in [2.24, 2.45) is 0 Å². The van der Waals surface area contributed by atoms with Crippen molar-refractivity contribution in [1.82, 2.24) is 0 Å². The average molecular weight is 185 g/mol. The second kappa shape index (κ2) is 7.17. The lowest BCUT2D eigenvalue weighted by Gasteiger charge is -1.96. The number of hydrogen-bond acceptors (Lipinski definition) is 0. The Morgan fingerprint density at radius 1 is 1.00 bits per heavy atom. The van der Waals surface area contributed by atoms with Crippen LogP contribution < -0.4 is 0 Å². The SMILES string of the molecule is CC.CCc1ccc(CCl)cc1. The van der Waals surface area contributed by atoms with Gasteiger partial charge in [0.25, 0.3) is 0 Å². The quantitative estimate of drug-likeness (QED) is 0.610. The van der Waals surface area contributed by atoms with Crippen LogP contribution in [0.4, 0.5) is 0 Å². The smallest absolute Gasteiger partial charge is 0.0474 e. The molecule has 1 heteroatoms. The topological polar surface area (TPSA) is 0 Å². The van der Waals surface area contributed by atoms with Gasteiger partial charge in [0, 0.05) is 5.88 Å². The summed E-state index contributed by atoms with van der Waals surface area (Å²) in [7, 11) is 0. The molecule has 1 aromatic carbocycles. The van der Waals surface area contributed by atoms with Gasteiger partial charge in [-0.05, 0) is 17.5 Å². The lowest BCUT2D eigenvalue weighted by molar-refractivity contribution is 1.13. The summed E-state index contributed by atoms with van der Waals surface area (Å²) in [5.74, 6) is 0.615. The largest absolute Gasteiger partial charge is 0.122 e. The van der Waals surface area contributed by atoms with Crippen LogP contribution in [0.15, 0.2) is 24.3 Å². The molecule has 12 heavy (non-hydrogen) atoms. The molecule has 0 fully saturated rings. The second-order valence-electron chi connectivity index (χ2n) is 2.30. The normalized spacial score (nSPS) is 8.67. The van der Waals surface area contributed by atoms with E-state index < -0.39 is 0 Å². The van der Waals surface area contributed by atoms with Crippen molar-refractivity contribution in [2.75, 3.05) is 0 Å². The maximum Gasteiger partial charge on any atom is 0.0474 e. The van der Waals surface area contributed by atoms with Gasteiger partial charge in [0.2, 0.25) is 0 Å². The minimum atomic E-state index is 0.615. The Labute approximate surface area is 80.6 Å². The van der Waals surface area contributed by atoms with Crippen LogP contribution in [0, 0.1) is 0 Å². The van der Waals surface area contributed by atoms with Crippen molar-refractivity contribution in [3.05, 3.63) is 35.4 Å². The van der Waals surface area contributed by atoms with E-state index >= 15 is 0 Å². The average Bonchev–Trinajstić information content (AvgIpc) is 2.21. The lowest BCUT2D eigenvalue weighted by atomic mass is 10.1. The second-order valence-corrected chi connectivity index (χ2v) is 2.57. The van der Waals surface area contributed by atoms with E-state index in [4.69, 9.17) is 11.6 Å². The molecule has 0 saturated carbocycles. The molecule has 0 amide bonds. The maximum absolute atomic E-state index is 5.62. The maximum atomic E-state index is 5.62. The van der Waals surface area contributed by atoms with E-state index in [9.17, 15) is 0 Å². The molecule has 0 aliphatic rings. The standard InChI is InChI=1S/C9H11Cl.C2H6/c1-2-8-3-5-9(7-10)6-4-8;1-2/h3-6H,2,7H2,1H3;1-2H3. The van der Waals surface area contributed by atoms with Gasteiger partial charge in [-0.1, -0.05) is 45.0 Å². The Bertz CT molecular complexity index is 166. The first-order valence-corrected chi connectivity index (χ1v) is 5.04. The lowest BCUT2D eigenvalue weighted by Crippen LogP contribution is -1.80. The van der Waals surface area contributed by atoms with Gasteiger partial charge in [-0.15, -0.1) is 11.6 Å². The fourth-order valence-electron chi connectivity index (χ4n) is 0.864. The summed E-state index contributed by atoms with van der Waals surface area (Å²) in [6.07, 6.45) is 1.10. The molecule has 1 aromatic rings. The number of alkyl halides is 1. The van der Waals surface area contributed by atoms with E-state index in [1.807, 2.05) is 13.8 Å². The van der Waals surface area contributed by atoms with Crippen molar-refractivity contribution in [2.45, 2.75) is 33.1 Å². The molecule has 0 nitrogen and oxygen atoms in total. The number of hydrogen-bond donors (Lipinski definition) is 0. The zero-order valence-corrected chi connectivity index (χ0v) is 8.86. The molecule has 0 spiro atoms. The van der Waals surface area contributed by atoms with Gasteiger partial charge >= 0.3 is 0 Å². The van der Waals surface area contributed by atoms with Crippen LogP contribution in [-0.2, 0) is 12.3 Å². The molecular weight excluding hydrogens is 168 g/mol. The first kappa shape index (κ1) is 11.5. The summed E-state index contributed by atoms with van der Waals surface area (Å²) < 4.78 is 0. The number of halogens is 1. The molecule has 0 atom stereocenters. The van der Waals surface area contributed by atoms with Crippen LogP contribution in [0.3, 0.4) is 0 Å². The van der Waals surface area contributed by atoms with Gasteiger partial charge in [-0.3, -0.25) is 0 Å². The molecule has 0 saturated heterocycles. The minimum Gasteiger partial charge on any atom is -0.122 e. The molecule has 0 radical (unpaired) electrons. The van der Waals surface area contributed by atoms with Gasteiger partial charge in [0.1, 0.15) is 0 Å². The summed E-state index contributed by atoms with van der Waals surface area (Å²) in [5, 5.41) is 0. The number of benzene rings is 1. The zero-order valence-electron chi connectivity index (χ0n) is 8.10. The summed E-state index contributed by atoms with van der Waals surface area (Å²) in [4.78, 5) is 0. The van der Waals surface area contributed by atoms with Gasteiger partial charge in [-0.2, -0.15) is 0 Å². The Balaban J connectivity index is 0.000000561. The summed E-state index contributed by atoms with van der Waals surface area (Å²) in [6, 6.07) is 8.40. The highest BCUT2D eigenvalue weighted by molar-refractivity contribution is 6.17. The molecule has 0 aliphatic heterocycles. The van der Waals surface area contributed by atoms with E-state index in [2.05, 4.69) is 31.2 Å². The van der Waals surface area contributed by atoms with Gasteiger partial charge in [0.15, 0.2) is 0 Å². The third kappa shape index (κ3) is 3.77. The minimum absolute atomic E-state index is 0.615. The Morgan fingerprint density at radius 2 is 1.42 bits per heavy atom. The monoisotopic (exact) mass is 184 g/mol. The number of rotatable bonds is 2. The first-order valence-electron chi connectivity index (χ1n) is 4.50. The van der Waals surface area contributed by atoms with Gasteiger partial charge in [-0.25, -0.2) is 0 Å². The van der Waals surface area contributed by atoms with Gasteiger partial charge in [0.05, 0.1) is 0 Å². The summed E-state index contributed by atoms with van der Waals surface area (Å²) in [5.41, 5.74) is 2.56. The molecule has 1 rings (SSSR count). The predicted molar refractivity (Wildman–Crippen MR) is 56.7 cm³/mol. The van der Waals surface area contributed by atoms with Gasteiger partial charge < -0.3 is 0 Å². The Hall–Kier alpha value is -0.490. The highest BCUT2D eigenvalue weighted by atomic mass is 35.5. The van der Waals surface area contributed by atoms with Crippen molar-refractivity contribution < 1.29 is 0 Å². The van der Waals surface area contributed by atoms with E-state index in [0.717, 1.165) is 6.42 Å². The van der Waals surface area contributed by atoms with Crippen LogP contribution in [0.25, 0.3) is 0 Å². The molecule has 0 aliphatic carbocycles. The predicted octanol–water partition coefficient (Wildman–Crippen LogP) is 4.01. The van der Waals surface area contributed by atoms with E-state index in [-0.39, 0.29) is 0 Å². The van der Waals surface area contributed by atoms with Crippen LogP contribution >= 0.6 is 11.6 Å². The van der Waals surface area contributed by atoms with Crippen molar-refractivity contribution in [3.8, 4) is 0 Å². The molecule has 68 valence electrons. The molecule has 0 heterocycles. The highest BCUT2D eigenvalue weighted by Gasteiger charge is 1.89. The fourth-order valence-corrected chi connectivity index (χ4v) is 1.04. The molecule has 0 N–H and O–H groups in total. The van der Waals surface area contributed by atoms with E-state index in [0.29, 0.717) is 5.88 Å². The molecule has 0 bridgehead atoms. The van der Waals surface area contributed by atoms with Crippen LogP contribution in [-0.4, -0.2) is 0 Å². The van der Waals surface area contributed by atoms with E-state index in [1.54, 1.807) is 0 Å². The van der Waals surface area contributed by atoms with Crippen molar-refractivity contribution in [3.63, 3.8) is 0 Å². The highest BCUT2D eigenvalue weighted by Crippen LogP contribution is 2.06. The van der Waals surface area contributed by atoms with Crippen LogP contribution in [0.5, 0.6) is 0 Å². The van der Waals surface area contributed by atoms with Crippen molar-refractivity contribution in [1.29, 1.82) is 0 Å². The van der Waals surface area contributed by atoms with Crippen molar-refractivity contribution >= 4 is 11.6 Å². The van der Waals surface area contributed by atoms with Crippen LogP contribution in [0.2, 0.25) is 0 Å². The number of aryl methyl sites for hydroxylation is 1. The van der Waals surface area contributed by atoms with Crippen LogP contribution in [0.1, 0.15) is 31.9 Å². The third-order valence-electron chi connectivity index (χ3n) is 1.59. The summed E-state index contributed by atoms with van der Waals surface area (Å²) >= 11 is 5.62. The summed E-state index contributed by atoms with van der Waals surface area (Å²) in [6.45, 7) is 6.15. The fraction of sp³-hybridized carbons (Fsp3) is 0.455. The molecule has 0 unspecified atom stereocenters. The van der Waals surface area contributed by atoms with E-state index in [1.165, 1.54) is 11.1 Å². The first-order chi connectivity index (χ1) is 5.86. The molecular formula is C11H17Cl. The molecule has 0 aromatic heterocycles. The Morgan fingerprint density at radius 3 is 1.75 bits per heavy atom.